The van der Waals surface area contributed by atoms with Crippen LogP contribution in [-0.2, 0) is 16.1 Å². The first-order valence-corrected chi connectivity index (χ1v) is 6.83. The molecule has 0 saturated carbocycles. The highest BCUT2D eigenvalue weighted by atomic mass is 19.1. The predicted octanol–water partition coefficient (Wildman–Crippen LogP) is 1.60. The molecule has 0 atom stereocenters. The van der Waals surface area contributed by atoms with Crippen LogP contribution in [0, 0.1) is 17.7 Å². The number of carbonyl (C=O) groups excluding carboxylic acids is 2. The number of nitrogens with zero attached hydrogens (tertiary/aromatic N) is 1. The number of aliphatic hydroxyl groups is 1. The van der Waals surface area contributed by atoms with E-state index in [0.29, 0.717) is 30.4 Å². The van der Waals surface area contributed by atoms with Crippen LogP contribution in [0.2, 0.25) is 0 Å². The molecule has 1 saturated heterocycles. The standard InChI is InChI=1S/C16H16FNO3/c17-14-8-7-13(12(10-14)4-1-2-9-19)11-18-15(20)5-3-6-16(18)21/h7-8,10,19H,2-3,5-6,9,11H2. The van der Waals surface area contributed by atoms with E-state index in [2.05, 4.69) is 11.8 Å². The van der Waals surface area contributed by atoms with Crippen LogP contribution in [0.15, 0.2) is 18.2 Å². The Kier molecular flexibility index (Phi) is 5.07. The van der Waals surface area contributed by atoms with Crippen LogP contribution in [0.5, 0.6) is 0 Å². The van der Waals surface area contributed by atoms with Crippen molar-refractivity contribution in [1.29, 1.82) is 0 Å². The van der Waals surface area contributed by atoms with Crippen LogP contribution >= 0.6 is 0 Å². The Morgan fingerprint density at radius 1 is 1.24 bits per heavy atom. The van der Waals surface area contributed by atoms with Crippen LogP contribution in [0.3, 0.4) is 0 Å². The molecule has 1 aliphatic heterocycles. The van der Waals surface area contributed by atoms with E-state index < -0.39 is 5.82 Å². The molecule has 0 radical (unpaired) electrons. The Morgan fingerprint density at radius 3 is 2.62 bits per heavy atom. The van der Waals surface area contributed by atoms with Gasteiger partial charge in [0.2, 0.25) is 11.8 Å². The van der Waals surface area contributed by atoms with Gasteiger partial charge in [0.05, 0.1) is 13.2 Å². The Bertz CT molecular complexity index is 600. The van der Waals surface area contributed by atoms with E-state index in [1.54, 1.807) is 0 Å². The molecule has 0 spiro atoms. The van der Waals surface area contributed by atoms with Crippen molar-refractivity contribution in [3.8, 4) is 11.8 Å². The van der Waals surface area contributed by atoms with Gasteiger partial charge < -0.3 is 5.11 Å². The van der Waals surface area contributed by atoms with E-state index in [4.69, 9.17) is 5.11 Å². The fourth-order valence-corrected chi connectivity index (χ4v) is 2.16. The third-order valence-electron chi connectivity index (χ3n) is 3.24. The fourth-order valence-electron chi connectivity index (χ4n) is 2.16. The van der Waals surface area contributed by atoms with Crippen molar-refractivity contribution in [2.45, 2.75) is 32.2 Å². The van der Waals surface area contributed by atoms with Gasteiger partial charge in [-0.15, -0.1) is 0 Å². The molecular formula is C16H16FNO3. The molecule has 0 aliphatic carbocycles. The number of hydrogen-bond donors (Lipinski definition) is 1. The lowest BCUT2D eigenvalue weighted by atomic mass is 10.0. The predicted molar refractivity (Wildman–Crippen MR) is 74.4 cm³/mol. The molecule has 1 heterocycles. The van der Waals surface area contributed by atoms with Crippen LogP contribution in [0.25, 0.3) is 0 Å². The summed E-state index contributed by atoms with van der Waals surface area (Å²) in [6.07, 6.45) is 1.59. The summed E-state index contributed by atoms with van der Waals surface area (Å²) in [7, 11) is 0. The topological polar surface area (TPSA) is 57.6 Å². The number of likely N-dealkylation sites (tertiary alicyclic amines) is 1. The van der Waals surface area contributed by atoms with Crippen LogP contribution < -0.4 is 0 Å². The molecule has 1 N–H and O–H groups in total. The molecule has 2 rings (SSSR count). The number of benzene rings is 1. The third kappa shape index (κ3) is 3.89. The highest BCUT2D eigenvalue weighted by molar-refractivity contribution is 5.97. The number of aliphatic hydroxyl groups excluding tert-OH is 1. The maximum Gasteiger partial charge on any atom is 0.229 e. The molecular weight excluding hydrogens is 273 g/mol. The molecule has 1 aromatic rings. The number of hydrogen-bond acceptors (Lipinski definition) is 3. The average molecular weight is 289 g/mol. The molecule has 1 fully saturated rings. The fraction of sp³-hybridized carbons (Fsp3) is 0.375. The summed E-state index contributed by atoms with van der Waals surface area (Å²) < 4.78 is 13.3. The zero-order chi connectivity index (χ0) is 15.2. The second kappa shape index (κ2) is 7.00. The quantitative estimate of drug-likeness (QED) is 0.679. The number of piperidine rings is 1. The third-order valence-corrected chi connectivity index (χ3v) is 3.24. The van der Waals surface area contributed by atoms with Crippen molar-refractivity contribution >= 4 is 11.8 Å². The Labute approximate surface area is 122 Å². The zero-order valence-electron chi connectivity index (χ0n) is 11.6. The molecule has 0 unspecified atom stereocenters. The summed E-state index contributed by atoms with van der Waals surface area (Å²) in [5.41, 5.74) is 1.07. The molecule has 5 heteroatoms. The van der Waals surface area contributed by atoms with Gasteiger partial charge in [0.15, 0.2) is 0 Å². The van der Waals surface area contributed by atoms with Crippen molar-refractivity contribution in [1.82, 2.24) is 4.90 Å². The van der Waals surface area contributed by atoms with E-state index in [1.807, 2.05) is 0 Å². The SMILES string of the molecule is O=C1CCCC(=O)N1Cc1ccc(F)cc1C#CCCO. The van der Waals surface area contributed by atoms with Crippen LogP contribution in [0.4, 0.5) is 4.39 Å². The van der Waals surface area contributed by atoms with Crippen LogP contribution in [-0.4, -0.2) is 28.4 Å². The van der Waals surface area contributed by atoms with Crippen molar-refractivity contribution in [3.63, 3.8) is 0 Å². The minimum atomic E-state index is -0.427. The summed E-state index contributed by atoms with van der Waals surface area (Å²) in [5, 5.41) is 8.72. The first-order chi connectivity index (χ1) is 10.1. The van der Waals surface area contributed by atoms with E-state index >= 15 is 0 Å². The Hall–Kier alpha value is -2.19. The van der Waals surface area contributed by atoms with Gasteiger partial charge in [0.25, 0.3) is 0 Å². The Balaban J connectivity index is 2.25. The first-order valence-electron chi connectivity index (χ1n) is 6.83. The number of imide groups is 1. The normalized spacial score (nSPS) is 14.9. The summed E-state index contributed by atoms with van der Waals surface area (Å²) in [6, 6.07) is 4.09. The summed E-state index contributed by atoms with van der Waals surface area (Å²) in [5.74, 6) is 4.66. The minimum absolute atomic E-state index is 0.0687. The molecule has 21 heavy (non-hydrogen) atoms. The van der Waals surface area contributed by atoms with Gasteiger partial charge in [-0.1, -0.05) is 17.9 Å². The second-order valence-corrected chi connectivity index (χ2v) is 4.80. The zero-order valence-corrected chi connectivity index (χ0v) is 11.6. The molecule has 0 aromatic heterocycles. The van der Waals surface area contributed by atoms with Crippen molar-refractivity contribution in [2.75, 3.05) is 6.61 Å². The number of amides is 2. The van der Waals surface area contributed by atoms with E-state index in [0.717, 1.165) is 0 Å². The highest BCUT2D eigenvalue weighted by Crippen LogP contribution is 2.18. The van der Waals surface area contributed by atoms with E-state index in [1.165, 1.54) is 23.1 Å². The van der Waals surface area contributed by atoms with Gasteiger partial charge in [-0.2, -0.15) is 0 Å². The van der Waals surface area contributed by atoms with E-state index in [-0.39, 0.29) is 31.4 Å². The van der Waals surface area contributed by atoms with Gasteiger partial charge in [-0.05, 0) is 24.1 Å². The minimum Gasteiger partial charge on any atom is -0.395 e. The molecule has 2 amide bonds. The van der Waals surface area contributed by atoms with Crippen molar-refractivity contribution in [2.24, 2.45) is 0 Å². The lowest BCUT2D eigenvalue weighted by Crippen LogP contribution is -2.39. The largest absolute Gasteiger partial charge is 0.395 e. The average Bonchev–Trinajstić information content (AvgIpc) is 2.45. The molecule has 4 nitrogen and oxygen atoms in total. The smallest absolute Gasteiger partial charge is 0.229 e. The van der Waals surface area contributed by atoms with Crippen molar-refractivity contribution in [3.05, 3.63) is 35.1 Å². The van der Waals surface area contributed by atoms with E-state index in [9.17, 15) is 14.0 Å². The molecule has 110 valence electrons. The summed E-state index contributed by atoms with van der Waals surface area (Å²) in [4.78, 5) is 24.8. The van der Waals surface area contributed by atoms with Gasteiger partial charge >= 0.3 is 0 Å². The lowest BCUT2D eigenvalue weighted by molar-refractivity contribution is -0.148. The lowest BCUT2D eigenvalue weighted by Gasteiger charge is -2.25. The first kappa shape index (κ1) is 15.2. The summed E-state index contributed by atoms with van der Waals surface area (Å²) >= 11 is 0. The van der Waals surface area contributed by atoms with Crippen LogP contribution in [0.1, 0.15) is 36.8 Å². The molecule has 0 bridgehead atoms. The highest BCUT2D eigenvalue weighted by Gasteiger charge is 2.26. The number of carbonyl (C=O) groups is 2. The molecule has 1 aromatic carbocycles. The van der Waals surface area contributed by atoms with Crippen molar-refractivity contribution < 1.29 is 19.1 Å². The maximum absolute atomic E-state index is 13.3. The van der Waals surface area contributed by atoms with Gasteiger partial charge in [0, 0.05) is 24.8 Å². The maximum atomic E-state index is 13.3. The van der Waals surface area contributed by atoms with Gasteiger partial charge in [-0.3, -0.25) is 14.5 Å². The van der Waals surface area contributed by atoms with Gasteiger partial charge in [0.1, 0.15) is 5.82 Å². The van der Waals surface area contributed by atoms with Gasteiger partial charge in [-0.25, -0.2) is 4.39 Å². The number of halogens is 1. The molecule has 1 aliphatic rings. The summed E-state index contributed by atoms with van der Waals surface area (Å²) in [6.45, 7) is 0.0435. The second-order valence-electron chi connectivity index (χ2n) is 4.80. The monoisotopic (exact) mass is 289 g/mol. The number of rotatable bonds is 3. The Morgan fingerprint density at radius 2 is 1.95 bits per heavy atom.